The first-order valence-electron chi connectivity index (χ1n) is 12.0. The van der Waals surface area contributed by atoms with E-state index in [2.05, 4.69) is 10.3 Å². The molecule has 0 atom stereocenters. The van der Waals surface area contributed by atoms with Crippen LogP contribution in [0.15, 0.2) is 82.2 Å². The highest BCUT2D eigenvalue weighted by Crippen LogP contribution is 2.21. The summed E-state index contributed by atoms with van der Waals surface area (Å²) in [6, 6.07) is 21.5. The number of methoxy groups -OCH3 is 2. The van der Waals surface area contributed by atoms with Crippen LogP contribution in [0, 0.1) is 0 Å². The second kappa shape index (κ2) is 12.6. The number of fused-ring (bicyclic) bond motifs is 1. The number of unbranched alkanes of at least 4 members (excludes halogenated alkanes) is 1. The predicted octanol–water partition coefficient (Wildman–Crippen LogP) is 5.11. The first-order valence-corrected chi connectivity index (χ1v) is 12.0. The van der Waals surface area contributed by atoms with Crippen molar-refractivity contribution in [1.82, 2.24) is 5.32 Å². The molecular formula is C29H30N2O6. The molecule has 4 rings (SSSR count). The van der Waals surface area contributed by atoms with Gasteiger partial charge in [0.2, 0.25) is 5.55 Å². The minimum Gasteiger partial charge on any atom is -0.508 e. The maximum absolute atomic E-state index is 13.1. The summed E-state index contributed by atoms with van der Waals surface area (Å²) in [6.45, 7) is 0.741. The van der Waals surface area contributed by atoms with Crippen molar-refractivity contribution in [2.24, 2.45) is 4.99 Å². The van der Waals surface area contributed by atoms with Crippen LogP contribution in [0.25, 0.3) is 11.0 Å². The van der Waals surface area contributed by atoms with Crippen LogP contribution >= 0.6 is 0 Å². The SMILES string of the molecule is COCOc1ccc(CCCCNC(=O)c2cc3ccc(O)cc3oc2=Nc2ccc(OC)cc2)cc1. The molecule has 1 heterocycles. The molecule has 3 aromatic carbocycles. The summed E-state index contributed by atoms with van der Waals surface area (Å²) in [5.74, 6) is 1.27. The van der Waals surface area contributed by atoms with E-state index in [-0.39, 0.29) is 24.0 Å². The number of aromatic hydroxyl groups is 1. The number of carbonyl (C=O) groups is 1. The van der Waals surface area contributed by atoms with Crippen LogP contribution < -0.4 is 20.3 Å². The Bertz CT molecular complexity index is 1400. The highest BCUT2D eigenvalue weighted by molar-refractivity contribution is 5.96. The summed E-state index contributed by atoms with van der Waals surface area (Å²) < 4.78 is 21.5. The quantitative estimate of drug-likeness (QED) is 0.218. The molecule has 8 heteroatoms. The van der Waals surface area contributed by atoms with Crippen LogP contribution in [0.4, 0.5) is 5.69 Å². The van der Waals surface area contributed by atoms with Gasteiger partial charge in [-0.2, -0.15) is 0 Å². The summed E-state index contributed by atoms with van der Waals surface area (Å²) >= 11 is 0. The van der Waals surface area contributed by atoms with Gasteiger partial charge in [-0.1, -0.05) is 12.1 Å². The van der Waals surface area contributed by atoms with Crippen LogP contribution in [0.3, 0.4) is 0 Å². The van der Waals surface area contributed by atoms with Gasteiger partial charge < -0.3 is 29.1 Å². The molecule has 37 heavy (non-hydrogen) atoms. The second-order valence-electron chi connectivity index (χ2n) is 8.41. The van der Waals surface area contributed by atoms with Crippen LogP contribution in [-0.4, -0.2) is 38.6 Å². The topological polar surface area (TPSA) is 103 Å². The van der Waals surface area contributed by atoms with Crippen molar-refractivity contribution in [2.45, 2.75) is 19.3 Å². The van der Waals surface area contributed by atoms with Crippen molar-refractivity contribution in [3.8, 4) is 17.2 Å². The molecule has 192 valence electrons. The summed E-state index contributed by atoms with van der Waals surface area (Å²) in [4.78, 5) is 17.6. The molecular weight excluding hydrogens is 472 g/mol. The molecule has 0 saturated carbocycles. The molecule has 0 aliphatic rings. The van der Waals surface area contributed by atoms with E-state index in [1.165, 1.54) is 11.6 Å². The number of benzene rings is 3. The number of rotatable bonds is 11. The first kappa shape index (κ1) is 25.8. The number of phenolic OH excluding ortho intramolecular Hbond substituents is 1. The van der Waals surface area contributed by atoms with Crippen molar-refractivity contribution in [1.29, 1.82) is 0 Å². The Morgan fingerprint density at radius 1 is 0.946 bits per heavy atom. The molecule has 2 N–H and O–H groups in total. The number of amides is 1. The average Bonchev–Trinajstić information content (AvgIpc) is 2.92. The summed E-state index contributed by atoms with van der Waals surface area (Å²) in [5.41, 5.74) is 2.73. The van der Waals surface area contributed by atoms with Gasteiger partial charge in [0.25, 0.3) is 5.91 Å². The van der Waals surface area contributed by atoms with E-state index < -0.39 is 0 Å². The summed E-state index contributed by atoms with van der Waals surface area (Å²) in [7, 11) is 3.18. The average molecular weight is 503 g/mol. The smallest absolute Gasteiger partial charge is 0.256 e. The number of hydrogen-bond acceptors (Lipinski definition) is 7. The minimum absolute atomic E-state index is 0.0704. The van der Waals surface area contributed by atoms with Crippen molar-refractivity contribution in [3.63, 3.8) is 0 Å². The van der Waals surface area contributed by atoms with E-state index in [1.807, 2.05) is 24.3 Å². The molecule has 0 saturated heterocycles. The molecule has 0 aliphatic carbocycles. The molecule has 0 bridgehead atoms. The normalized spacial score (nSPS) is 11.5. The largest absolute Gasteiger partial charge is 0.508 e. The summed E-state index contributed by atoms with van der Waals surface area (Å²) in [5, 5.41) is 13.5. The van der Waals surface area contributed by atoms with Crippen molar-refractivity contribution < 1.29 is 28.5 Å². The van der Waals surface area contributed by atoms with Gasteiger partial charge in [0.15, 0.2) is 6.79 Å². The van der Waals surface area contributed by atoms with Crippen LogP contribution in [0.2, 0.25) is 0 Å². The van der Waals surface area contributed by atoms with Crippen LogP contribution in [0.5, 0.6) is 17.2 Å². The van der Waals surface area contributed by atoms with Gasteiger partial charge in [-0.3, -0.25) is 4.79 Å². The van der Waals surface area contributed by atoms with Crippen LogP contribution in [0.1, 0.15) is 28.8 Å². The molecule has 0 aliphatic heterocycles. The minimum atomic E-state index is -0.273. The Hall–Kier alpha value is -4.30. The van der Waals surface area contributed by atoms with E-state index in [0.29, 0.717) is 34.5 Å². The highest BCUT2D eigenvalue weighted by atomic mass is 16.7. The zero-order valence-electron chi connectivity index (χ0n) is 20.9. The number of carbonyl (C=O) groups excluding carboxylic acids is 1. The number of aryl methyl sites for hydroxylation is 1. The van der Waals surface area contributed by atoms with E-state index in [0.717, 1.165) is 25.0 Å². The lowest BCUT2D eigenvalue weighted by Crippen LogP contribution is -2.29. The number of phenols is 1. The maximum Gasteiger partial charge on any atom is 0.256 e. The Labute approximate surface area is 215 Å². The van der Waals surface area contributed by atoms with Gasteiger partial charge in [-0.15, -0.1) is 0 Å². The van der Waals surface area contributed by atoms with Crippen molar-refractivity contribution in [3.05, 3.63) is 89.5 Å². The predicted molar refractivity (Wildman–Crippen MR) is 140 cm³/mol. The number of nitrogens with zero attached hydrogens (tertiary/aromatic N) is 1. The lowest BCUT2D eigenvalue weighted by atomic mass is 10.1. The van der Waals surface area contributed by atoms with E-state index in [1.54, 1.807) is 56.7 Å². The van der Waals surface area contributed by atoms with E-state index in [9.17, 15) is 9.90 Å². The zero-order valence-corrected chi connectivity index (χ0v) is 20.9. The standard InChI is InChI=1S/C29H30N2O6/c1-34-19-36-25-12-6-20(7-13-25)5-3-4-16-30-28(33)26-17-21-8-11-23(32)18-27(21)37-29(26)31-22-9-14-24(35-2)15-10-22/h6-15,17-18,32H,3-5,16,19H2,1-2H3,(H,30,33). The van der Waals surface area contributed by atoms with Gasteiger partial charge in [0.05, 0.1) is 12.8 Å². The molecule has 0 unspecified atom stereocenters. The third-order valence-corrected chi connectivity index (χ3v) is 5.73. The Balaban J connectivity index is 1.42. The van der Waals surface area contributed by atoms with Gasteiger partial charge in [-0.05, 0) is 79.4 Å². The van der Waals surface area contributed by atoms with Gasteiger partial charge in [0, 0.05) is 25.1 Å². The van der Waals surface area contributed by atoms with Crippen molar-refractivity contribution in [2.75, 3.05) is 27.6 Å². The van der Waals surface area contributed by atoms with Crippen molar-refractivity contribution >= 4 is 22.6 Å². The third-order valence-electron chi connectivity index (χ3n) is 5.73. The maximum atomic E-state index is 13.1. The highest BCUT2D eigenvalue weighted by Gasteiger charge is 2.13. The second-order valence-corrected chi connectivity index (χ2v) is 8.41. The molecule has 4 aromatic rings. The van der Waals surface area contributed by atoms with Gasteiger partial charge >= 0.3 is 0 Å². The molecule has 0 spiro atoms. The van der Waals surface area contributed by atoms with E-state index in [4.69, 9.17) is 18.6 Å². The Morgan fingerprint density at radius 2 is 1.70 bits per heavy atom. The van der Waals surface area contributed by atoms with Crippen LogP contribution in [-0.2, 0) is 11.2 Å². The fraction of sp³-hybridized carbons (Fsp3) is 0.241. The number of nitrogens with one attached hydrogen (secondary N) is 1. The molecule has 1 aromatic heterocycles. The molecule has 1 amide bonds. The van der Waals surface area contributed by atoms with Gasteiger partial charge in [0.1, 0.15) is 28.4 Å². The fourth-order valence-corrected chi connectivity index (χ4v) is 3.76. The fourth-order valence-electron chi connectivity index (χ4n) is 3.76. The number of hydrogen-bond donors (Lipinski definition) is 2. The summed E-state index contributed by atoms with van der Waals surface area (Å²) in [6.07, 6.45) is 2.63. The lowest BCUT2D eigenvalue weighted by Gasteiger charge is -2.08. The zero-order chi connectivity index (χ0) is 26.0. The lowest BCUT2D eigenvalue weighted by molar-refractivity contribution is 0.0511. The molecule has 8 nitrogen and oxygen atoms in total. The molecule has 0 fully saturated rings. The first-order chi connectivity index (χ1) is 18.1. The monoisotopic (exact) mass is 502 g/mol. The van der Waals surface area contributed by atoms with E-state index >= 15 is 0 Å². The molecule has 0 radical (unpaired) electrons. The third kappa shape index (κ3) is 7.11. The Morgan fingerprint density at radius 3 is 2.43 bits per heavy atom. The number of ether oxygens (including phenoxy) is 3. The van der Waals surface area contributed by atoms with Gasteiger partial charge in [-0.25, -0.2) is 4.99 Å². The Kier molecular flexibility index (Phi) is 8.78.